The van der Waals surface area contributed by atoms with Gasteiger partial charge in [0.2, 0.25) is 0 Å². The molecule has 1 aromatic carbocycles. The van der Waals surface area contributed by atoms with Crippen molar-refractivity contribution in [3.8, 4) is 17.0 Å². The predicted molar refractivity (Wildman–Crippen MR) is 107 cm³/mol. The molecule has 0 atom stereocenters. The van der Waals surface area contributed by atoms with E-state index >= 15 is 0 Å². The number of nitrogens with two attached hydrogens (primary N) is 1. The summed E-state index contributed by atoms with van der Waals surface area (Å²) in [4.78, 5) is 16.7. The first-order chi connectivity index (χ1) is 14.5. The lowest BCUT2D eigenvalue weighted by Gasteiger charge is -2.15. The molecule has 0 saturated carbocycles. The summed E-state index contributed by atoms with van der Waals surface area (Å²) in [7, 11) is 0. The van der Waals surface area contributed by atoms with Crippen molar-refractivity contribution >= 4 is 28.9 Å². The molecule has 164 valence electrons. The van der Waals surface area contributed by atoms with Gasteiger partial charge < -0.3 is 15.8 Å². The van der Waals surface area contributed by atoms with Gasteiger partial charge in [0.25, 0.3) is 5.91 Å². The Morgan fingerprint density at radius 3 is 2.58 bits per heavy atom. The number of nitrogens with zero attached hydrogens (tertiary/aromatic N) is 2. The Labute approximate surface area is 178 Å². The van der Waals surface area contributed by atoms with E-state index in [2.05, 4.69) is 20.5 Å². The van der Waals surface area contributed by atoms with Gasteiger partial charge >= 0.3 is 6.18 Å². The molecular formula is C19H16ClF4N5O2. The first-order valence-electron chi connectivity index (χ1n) is 8.73. The fourth-order valence-electron chi connectivity index (χ4n) is 2.62. The van der Waals surface area contributed by atoms with Crippen molar-refractivity contribution in [2.45, 2.75) is 20.0 Å². The predicted octanol–water partition coefficient (Wildman–Crippen LogP) is 4.66. The van der Waals surface area contributed by atoms with Gasteiger partial charge in [-0.3, -0.25) is 14.9 Å². The third kappa shape index (κ3) is 5.05. The summed E-state index contributed by atoms with van der Waals surface area (Å²) in [6.45, 7) is 1.57. The van der Waals surface area contributed by atoms with Gasteiger partial charge in [0.1, 0.15) is 17.3 Å². The normalized spacial score (nSPS) is 11.5. The quantitative estimate of drug-likeness (QED) is 0.483. The summed E-state index contributed by atoms with van der Waals surface area (Å²) in [5.41, 5.74) is 6.68. The highest BCUT2D eigenvalue weighted by atomic mass is 35.5. The Morgan fingerprint density at radius 1 is 1.29 bits per heavy atom. The average molecular weight is 458 g/mol. The molecule has 12 heteroatoms. The molecule has 2 heterocycles. The van der Waals surface area contributed by atoms with E-state index < -0.39 is 35.8 Å². The molecule has 1 amide bonds. The van der Waals surface area contributed by atoms with Crippen LogP contribution in [0.5, 0.6) is 5.75 Å². The molecule has 0 radical (unpaired) electrons. The highest BCUT2D eigenvalue weighted by Crippen LogP contribution is 2.33. The number of carbonyl (C=O) groups excluding carboxylic acids is 1. The highest BCUT2D eigenvalue weighted by molar-refractivity contribution is 6.33. The van der Waals surface area contributed by atoms with Crippen LogP contribution in [0.1, 0.15) is 21.6 Å². The summed E-state index contributed by atoms with van der Waals surface area (Å²) < 4.78 is 57.8. The Balaban J connectivity index is 2.05. The number of aromatic nitrogens is 3. The number of rotatable bonds is 5. The maximum Gasteiger partial charge on any atom is 0.422 e. The summed E-state index contributed by atoms with van der Waals surface area (Å²) in [5, 5.41) is 8.54. The zero-order valence-electron chi connectivity index (χ0n) is 16.2. The second-order valence-electron chi connectivity index (χ2n) is 6.63. The SMILES string of the molecule is Cc1cnc(-c2cc(OCC(F)(F)F)c(C(=O)Nc3c(Cl)n[nH]c3C)cc2F)cc1N. The van der Waals surface area contributed by atoms with E-state index in [0.29, 0.717) is 16.9 Å². The average Bonchev–Trinajstić information content (AvgIpc) is 3.00. The first-order valence-corrected chi connectivity index (χ1v) is 9.11. The van der Waals surface area contributed by atoms with Crippen molar-refractivity contribution in [2.75, 3.05) is 17.7 Å². The zero-order chi connectivity index (χ0) is 22.9. The van der Waals surface area contributed by atoms with E-state index in [1.807, 2.05) is 0 Å². The number of carbonyl (C=O) groups is 1. The number of pyridine rings is 1. The summed E-state index contributed by atoms with van der Waals surface area (Å²) in [5.74, 6) is -2.34. The van der Waals surface area contributed by atoms with Crippen LogP contribution in [0.15, 0.2) is 24.4 Å². The number of nitrogen functional groups attached to an aromatic ring is 1. The third-order valence-electron chi connectivity index (χ3n) is 4.27. The van der Waals surface area contributed by atoms with Crippen molar-refractivity contribution in [3.05, 3.63) is 52.2 Å². The molecule has 0 aliphatic heterocycles. The number of ether oxygens (including phenoxy) is 1. The van der Waals surface area contributed by atoms with Crippen LogP contribution >= 0.6 is 11.6 Å². The highest BCUT2D eigenvalue weighted by Gasteiger charge is 2.30. The lowest BCUT2D eigenvalue weighted by molar-refractivity contribution is -0.153. The van der Waals surface area contributed by atoms with E-state index in [9.17, 15) is 22.4 Å². The molecule has 2 aromatic heterocycles. The Hall–Kier alpha value is -3.34. The van der Waals surface area contributed by atoms with Crippen LogP contribution in [0.25, 0.3) is 11.3 Å². The molecule has 0 saturated heterocycles. The zero-order valence-corrected chi connectivity index (χ0v) is 17.0. The lowest BCUT2D eigenvalue weighted by atomic mass is 10.0. The maximum absolute atomic E-state index is 14.8. The van der Waals surface area contributed by atoms with Gasteiger partial charge in [0, 0.05) is 17.4 Å². The molecule has 0 aliphatic rings. The number of amides is 1. The Kier molecular flexibility index (Phi) is 6.07. The lowest BCUT2D eigenvalue weighted by Crippen LogP contribution is -2.21. The fourth-order valence-corrected chi connectivity index (χ4v) is 2.85. The number of aryl methyl sites for hydroxylation is 2. The van der Waals surface area contributed by atoms with E-state index in [1.54, 1.807) is 13.8 Å². The molecule has 3 rings (SSSR count). The molecule has 0 spiro atoms. The maximum atomic E-state index is 14.8. The number of H-pyrrole nitrogens is 1. The van der Waals surface area contributed by atoms with Crippen molar-refractivity contribution < 1.29 is 27.1 Å². The summed E-state index contributed by atoms with van der Waals surface area (Å²) in [6.07, 6.45) is -3.29. The molecule has 0 aliphatic carbocycles. The molecule has 3 aromatic rings. The molecule has 4 N–H and O–H groups in total. The number of halogens is 5. The number of alkyl halides is 3. The van der Waals surface area contributed by atoms with Gasteiger partial charge in [0.15, 0.2) is 11.8 Å². The minimum Gasteiger partial charge on any atom is -0.483 e. The van der Waals surface area contributed by atoms with Gasteiger partial charge in [-0.05, 0) is 37.6 Å². The standard InChI is InChI=1S/C19H16ClF4N5O2/c1-8-6-26-14(5-13(8)25)10-4-15(31-7-19(22,23)24)11(3-12(10)21)18(30)27-16-9(2)28-29-17(16)20/h3-6H,7H2,1-2H3,(H2,25,26)(H,27,30)(H,28,29). The van der Waals surface area contributed by atoms with Crippen LogP contribution < -0.4 is 15.8 Å². The van der Waals surface area contributed by atoms with Crippen LogP contribution in [0.2, 0.25) is 5.15 Å². The van der Waals surface area contributed by atoms with Crippen molar-refractivity contribution in [1.29, 1.82) is 0 Å². The van der Waals surface area contributed by atoms with Crippen LogP contribution in [-0.4, -0.2) is 33.9 Å². The van der Waals surface area contributed by atoms with Crippen molar-refractivity contribution in [3.63, 3.8) is 0 Å². The number of aromatic amines is 1. The Morgan fingerprint density at radius 2 is 2.00 bits per heavy atom. The monoisotopic (exact) mass is 457 g/mol. The van der Waals surface area contributed by atoms with Crippen LogP contribution in [0, 0.1) is 19.7 Å². The van der Waals surface area contributed by atoms with E-state index in [-0.39, 0.29) is 22.1 Å². The molecule has 0 fully saturated rings. The topological polar surface area (TPSA) is 106 Å². The first kappa shape index (κ1) is 22.3. The molecule has 7 nitrogen and oxygen atoms in total. The van der Waals surface area contributed by atoms with Crippen LogP contribution in [-0.2, 0) is 0 Å². The fraction of sp³-hybridized carbons (Fsp3) is 0.211. The largest absolute Gasteiger partial charge is 0.483 e. The number of hydrogen-bond donors (Lipinski definition) is 3. The number of anilines is 2. The van der Waals surface area contributed by atoms with Gasteiger partial charge in [-0.2, -0.15) is 18.3 Å². The molecule has 0 bridgehead atoms. The minimum absolute atomic E-state index is 0.0677. The third-order valence-corrected chi connectivity index (χ3v) is 4.54. The number of nitrogens with one attached hydrogen (secondary N) is 2. The van der Waals surface area contributed by atoms with E-state index in [4.69, 9.17) is 22.1 Å². The number of benzene rings is 1. The van der Waals surface area contributed by atoms with Crippen LogP contribution in [0.3, 0.4) is 0 Å². The van der Waals surface area contributed by atoms with Crippen molar-refractivity contribution in [2.24, 2.45) is 0 Å². The molecular weight excluding hydrogens is 442 g/mol. The Bertz CT molecular complexity index is 1130. The van der Waals surface area contributed by atoms with Gasteiger partial charge in [-0.1, -0.05) is 11.6 Å². The number of hydrogen-bond acceptors (Lipinski definition) is 5. The van der Waals surface area contributed by atoms with Gasteiger partial charge in [-0.25, -0.2) is 4.39 Å². The summed E-state index contributed by atoms with van der Waals surface area (Å²) >= 11 is 5.87. The second-order valence-corrected chi connectivity index (χ2v) is 6.98. The minimum atomic E-state index is -4.68. The van der Waals surface area contributed by atoms with Gasteiger partial charge in [0.05, 0.1) is 17.0 Å². The molecule has 0 unspecified atom stereocenters. The summed E-state index contributed by atoms with van der Waals surface area (Å²) in [6, 6.07) is 3.10. The van der Waals surface area contributed by atoms with Crippen LogP contribution in [0.4, 0.5) is 28.9 Å². The van der Waals surface area contributed by atoms with E-state index in [1.165, 1.54) is 12.3 Å². The van der Waals surface area contributed by atoms with Gasteiger partial charge in [-0.15, -0.1) is 0 Å². The second kappa shape index (κ2) is 8.42. The smallest absolute Gasteiger partial charge is 0.422 e. The molecule has 31 heavy (non-hydrogen) atoms. The van der Waals surface area contributed by atoms with Crippen molar-refractivity contribution in [1.82, 2.24) is 15.2 Å². The van der Waals surface area contributed by atoms with E-state index in [0.717, 1.165) is 12.1 Å².